The summed E-state index contributed by atoms with van der Waals surface area (Å²) in [7, 11) is 3.41. The number of nitrogens with zero attached hydrogens (tertiary/aromatic N) is 4. The number of hydrogen-bond donors (Lipinski definition) is 1. The summed E-state index contributed by atoms with van der Waals surface area (Å²) in [6.07, 6.45) is 3.47. The largest absolute Gasteiger partial charge is 0.332 e. The van der Waals surface area contributed by atoms with Crippen molar-refractivity contribution in [1.29, 1.82) is 0 Å². The summed E-state index contributed by atoms with van der Waals surface area (Å²) in [6, 6.07) is 9.33. The Morgan fingerprint density at radius 1 is 1.30 bits per heavy atom. The number of amides is 2. The Morgan fingerprint density at radius 2 is 2.04 bits per heavy atom. The van der Waals surface area contributed by atoms with Gasteiger partial charge in [0.15, 0.2) is 5.65 Å². The second-order valence-electron chi connectivity index (χ2n) is 6.21. The average molecular weight is 383 g/mol. The molecule has 0 saturated carbocycles. The van der Waals surface area contributed by atoms with Gasteiger partial charge in [-0.05, 0) is 31.4 Å². The van der Waals surface area contributed by atoms with Crippen molar-refractivity contribution in [3.8, 4) is 0 Å². The van der Waals surface area contributed by atoms with E-state index >= 15 is 0 Å². The van der Waals surface area contributed by atoms with Crippen molar-refractivity contribution < 1.29 is 9.59 Å². The Balaban J connectivity index is 1.72. The topological polar surface area (TPSA) is 80.1 Å². The van der Waals surface area contributed by atoms with Crippen molar-refractivity contribution >= 4 is 40.3 Å². The standard InChI is InChI=1S/C19H21N5O2S/c1-12-14-9-13(10-20-18(14)24(3)22-12)19(26)23(2)11-17(25)21-15-7-5-6-8-16(15)27-4/h5-10H,11H2,1-4H3,(H,21,25). The third kappa shape index (κ3) is 3.95. The van der Waals surface area contributed by atoms with E-state index in [0.29, 0.717) is 5.56 Å². The summed E-state index contributed by atoms with van der Waals surface area (Å²) in [5.41, 5.74) is 2.70. The van der Waals surface area contributed by atoms with E-state index in [1.165, 1.54) is 11.1 Å². The third-order valence-corrected chi connectivity index (χ3v) is 5.01. The minimum Gasteiger partial charge on any atom is -0.332 e. The minimum absolute atomic E-state index is 0.0500. The predicted octanol–water partition coefficient (Wildman–Crippen LogP) is 2.71. The van der Waals surface area contributed by atoms with Crippen molar-refractivity contribution in [3.05, 3.63) is 47.8 Å². The maximum Gasteiger partial charge on any atom is 0.255 e. The second kappa shape index (κ2) is 7.79. The second-order valence-corrected chi connectivity index (χ2v) is 7.06. The number of aryl methyl sites for hydroxylation is 2. The number of benzene rings is 1. The van der Waals surface area contributed by atoms with E-state index in [4.69, 9.17) is 0 Å². The average Bonchev–Trinajstić information content (AvgIpc) is 2.94. The van der Waals surface area contributed by atoms with E-state index in [2.05, 4.69) is 15.4 Å². The van der Waals surface area contributed by atoms with Gasteiger partial charge in [-0.2, -0.15) is 5.10 Å². The summed E-state index contributed by atoms with van der Waals surface area (Å²) in [6.45, 7) is 1.82. The van der Waals surface area contributed by atoms with Gasteiger partial charge in [0.25, 0.3) is 5.91 Å². The summed E-state index contributed by atoms with van der Waals surface area (Å²) in [5, 5.41) is 8.00. The number of carbonyl (C=O) groups is 2. The van der Waals surface area contributed by atoms with Crippen molar-refractivity contribution in [2.45, 2.75) is 11.8 Å². The Morgan fingerprint density at radius 3 is 2.78 bits per heavy atom. The van der Waals surface area contributed by atoms with E-state index in [9.17, 15) is 9.59 Å². The van der Waals surface area contributed by atoms with Gasteiger partial charge >= 0.3 is 0 Å². The number of rotatable bonds is 5. The fourth-order valence-electron chi connectivity index (χ4n) is 2.87. The van der Waals surface area contributed by atoms with E-state index in [0.717, 1.165) is 27.3 Å². The number of carbonyl (C=O) groups excluding carboxylic acids is 2. The van der Waals surface area contributed by atoms with Gasteiger partial charge < -0.3 is 10.2 Å². The minimum atomic E-state index is -0.263. The molecule has 0 aliphatic heterocycles. The monoisotopic (exact) mass is 383 g/mol. The zero-order valence-electron chi connectivity index (χ0n) is 15.7. The van der Waals surface area contributed by atoms with Gasteiger partial charge in [0, 0.05) is 30.6 Å². The number of pyridine rings is 1. The highest BCUT2D eigenvalue weighted by atomic mass is 32.2. The van der Waals surface area contributed by atoms with Crippen LogP contribution in [0.5, 0.6) is 0 Å². The first kappa shape index (κ1) is 18.9. The molecule has 3 aromatic rings. The van der Waals surface area contributed by atoms with E-state index in [1.54, 1.807) is 29.6 Å². The summed E-state index contributed by atoms with van der Waals surface area (Å²) in [5.74, 6) is -0.514. The van der Waals surface area contributed by atoms with Crippen LogP contribution in [-0.4, -0.2) is 51.3 Å². The molecule has 2 heterocycles. The first-order valence-electron chi connectivity index (χ1n) is 8.38. The highest BCUT2D eigenvalue weighted by molar-refractivity contribution is 7.98. The number of thioether (sulfide) groups is 1. The Hall–Kier alpha value is -2.87. The van der Waals surface area contributed by atoms with Gasteiger partial charge in [0.05, 0.1) is 23.5 Å². The number of para-hydroxylation sites is 1. The van der Waals surface area contributed by atoms with Crippen molar-refractivity contribution in [2.24, 2.45) is 7.05 Å². The molecule has 7 nitrogen and oxygen atoms in total. The Bertz CT molecular complexity index is 1010. The van der Waals surface area contributed by atoms with Crippen molar-refractivity contribution in [1.82, 2.24) is 19.7 Å². The van der Waals surface area contributed by atoms with Gasteiger partial charge in [-0.15, -0.1) is 11.8 Å². The number of aromatic nitrogens is 3. The normalized spacial score (nSPS) is 10.8. The molecule has 0 spiro atoms. The molecular formula is C19H21N5O2S. The molecule has 140 valence electrons. The van der Waals surface area contributed by atoms with Gasteiger partial charge in [-0.1, -0.05) is 12.1 Å². The van der Waals surface area contributed by atoms with E-state index in [1.807, 2.05) is 44.5 Å². The summed E-state index contributed by atoms with van der Waals surface area (Å²) in [4.78, 5) is 31.7. The molecule has 1 N–H and O–H groups in total. The zero-order valence-corrected chi connectivity index (χ0v) is 16.5. The van der Waals surface area contributed by atoms with Crippen LogP contribution >= 0.6 is 11.8 Å². The van der Waals surface area contributed by atoms with Crippen LogP contribution in [0.25, 0.3) is 11.0 Å². The Kier molecular flexibility index (Phi) is 5.46. The van der Waals surface area contributed by atoms with Gasteiger partial charge in [0.1, 0.15) is 0 Å². The van der Waals surface area contributed by atoms with Crippen molar-refractivity contribution in [2.75, 3.05) is 25.2 Å². The molecular weight excluding hydrogens is 362 g/mol. The molecule has 2 aromatic heterocycles. The van der Waals surface area contributed by atoms with Crippen LogP contribution in [0.3, 0.4) is 0 Å². The van der Waals surface area contributed by atoms with Crippen LogP contribution in [0.2, 0.25) is 0 Å². The first-order valence-corrected chi connectivity index (χ1v) is 9.61. The quantitative estimate of drug-likeness (QED) is 0.685. The molecule has 0 saturated heterocycles. The van der Waals surface area contributed by atoms with Gasteiger partial charge in [0.2, 0.25) is 5.91 Å². The summed E-state index contributed by atoms with van der Waals surface area (Å²) < 4.78 is 1.68. The SMILES string of the molecule is CSc1ccccc1NC(=O)CN(C)C(=O)c1cnc2c(c1)c(C)nn2C. The zero-order chi connectivity index (χ0) is 19.6. The molecule has 1 aromatic carbocycles. The number of likely N-dealkylation sites (N-methyl/N-ethyl adjacent to an activating group) is 1. The van der Waals surface area contributed by atoms with Crippen LogP contribution in [-0.2, 0) is 11.8 Å². The van der Waals surface area contributed by atoms with Crippen LogP contribution < -0.4 is 5.32 Å². The highest BCUT2D eigenvalue weighted by Crippen LogP contribution is 2.24. The third-order valence-electron chi connectivity index (χ3n) is 4.22. The lowest BCUT2D eigenvalue weighted by Crippen LogP contribution is -2.35. The number of fused-ring (bicyclic) bond motifs is 1. The van der Waals surface area contributed by atoms with Crippen LogP contribution in [0.15, 0.2) is 41.4 Å². The van der Waals surface area contributed by atoms with Crippen molar-refractivity contribution in [3.63, 3.8) is 0 Å². The van der Waals surface area contributed by atoms with Crippen LogP contribution in [0, 0.1) is 6.92 Å². The fraction of sp³-hybridized carbons (Fsp3) is 0.263. The maximum atomic E-state index is 12.7. The Labute approximate surface area is 161 Å². The molecule has 0 aliphatic carbocycles. The summed E-state index contributed by atoms with van der Waals surface area (Å²) >= 11 is 1.55. The fourth-order valence-corrected chi connectivity index (χ4v) is 3.42. The molecule has 8 heteroatoms. The molecule has 3 rings (SSSR count). The molecule has 0 atom stereocenters. The van der Waals surface area contributed by atoms with Gasteiger partial charge in [-0.3, -0.25) is 14.3 Å². The molecule has 27 heavy (non-hydrogen) atoms. The molecule has 0 radical (unpaired) electrons. The number of hydrogen-bond acceptors (Lipinski definition) is 5. The lowest BCUT2D eigenvalue weighted by Gasteiger charge is -2.17. The highest BCUT2D eigenvalue weighted by Gasteiger charge is 2.18. The molecule has 0 fully saturated rings. The molecule has 0 unspecified atom stereocenters. The molecule has 0 bridgehead atoms. The van der Waals surface area contributed by atoms with Crippen LogP contribution in [0.4, 0.5) is 5.69 Å². The lowest BCUT2D eigenvalue weighted by atomic mass is 10.2. The predicted molar refractivity (Wildman–Crippen MR) is 107 cm³/mol. The smallest absolute Gasteiger partial charge is 0.255 e. The first-order chi connectivity index (χ1) is 12.9. The maximum absolute atomic E-state index is 12.7. The molecule has 0 aliphatic rings. The van der Waals surface area contributed by atoms with Crippen LogP contribution in [0.1, 0.15) is 16.1 Å². The van der Waals surface area contributed by atoms with E-state index in [-0.39, 0.29) is 18.4 Å². The number of nitrogens with one attached hydrogen (secondary N) is 1. The lowest BCUT2D eigenvalue weighted by molar-refractivity contribution is -0.116. The molecule has 2 amide bonds. The van der Waals surface area contributed by atoms with Gasteiger partial charge in [-0.25, -0.2) is 4.98 Å². The number of anilines is 1. The van der Waals surface area contributed by atoms with E-state index < -0.39 is 0 Å².